The molecule has 1 unspecified atom stereocenters. The smallest absolute Gasteiger partial charge is 0.349 e. The fraction of sp³-hybridized carbons (Fsp3) is 0.474. The first-order valence-electron chi connectivity index (χ1n) is 8.78. The van der Waals surface area contributed by atoms with Crippen LogP contribution in [0.25, 0.3) is 11.0 Å². The predicted molar refractivity (Wildman–Crippen MR) is 92.1 cm³/mol. The Kier molecular flexibility index (Phi) is 4.10. The average Bonchev–Trinajstić information content (AvgIpc) is 3.15. The third-order valence-corrected chi connectivity index (χ3v) is 5.37. The highest BCUT2D eigenvalue weighted by Gasteiger charge is 2.31. The van der Waals surface area contributed by atoms with Gasteiger partial charge in [-0.05, 0) is 50.3 Å². The maximum atomic E-state index is 12.7. The molecule has 5 heteroatoms. The molecule has 4 rings (SSSR count). The Labute approximate surface area is 140 Å². The normalized spacial score (nSPS) is 22.2. The van der Waals surface area contributed by atoms with Crippen molar-refractivity contribution < 1.29 is 9.21 Å². The first kappa shape index (κ1) is 15.4. The SMILES string of the molecule is O=C(c1cc2ccccc2oc1=O)N1CCC(C2CCCN2)CC1. The van der Waals surface area contributed by atoms with E-state index in [-0.39, 0.29) is 11.5 Å². The number of rotatable bonds is 2. The predicted octanol–water partition coefficient (Wildman–Crippen LogP) is 2.40. The second-order valence-electron chi connectivity index (χ2n) is 6.82. The van der Waals surface area contributed by atoms with Gasteiger partial charge in [0.15, 0.2) is 0 Å². The summed E-state index contributed by atoms with van der Waals surface area (Å²) in [6, 6.07) is 9.55. The third-order valence-electron chi connectivity index (χ3n) is 5.37. The lowest BCUT2D eigenvalue weighted by Crippen LogP contribution is -2.44. The lowest BCUT2D eigenvalue weighted by Gasteiger charge is -2.34. The molecule has 3 heterocycles. The van der Waals surface area contributed by atoms with Gasteiger partial charge in [0.25, 0.3) is 5.91 Å². The molecule has 1 atom stereocenters. The Morgan fingerprint density at radius 3 is 2.71 bits per heavy atom. The molecule has 2 aromatic rings. The van der Waals surface area contributed by atoms with E-state index < -0.39 is 5.63 Å². The summed E-state index contributed by atoms with van der Waals surface area (Å²) >= 11 is 0. The minimum atomic E-state index is -0.543. The van der Waals surface area contributed by atoms with Crippen molar-refractivity contribution in [2.45, 2.75) is 31.7 Å². The second-order valence-corrected chi connectivity index (χ2v) is 6.82. The zero-order valence-electron chi connectivity index (χ0n) is 13.7. The van der Waals surface area contributed by atoms with Crippen molar-refractivity contribution in [3.05, 3.63) is 46.3 Å². The van der Waals surface area contributed by atoms with Crippen LogP contribution in [0.15, 0.2) is 39.5 Å². The van der Waals surface area contributed by atoms with Crippen molar-refractivity contribution in [3.8, 4) is 0 Å². The average molecular weight is 326 g/mol. The first-order valence-corrected chi connectivity index (χ1v) is 8.78. The van der Waals surface area contributed by atoms with E-state index in [2.05, 4.69) is 5.32 Å². The van der Waals surface area contributed by atoms with Gasteiger partial charge < -0.3 is 14.6 Å². The van der Waals surface area contributed by atoms with Gasteiger partial charge in [-0.2, -0.15) is 0 Å². The van der Waals surface area contributed by atoms with Crippen LogP contribution in [0.1, 0.15) is 36.0 Å². The molecule has 5 nitrogen and oxygen atoms in total. The van der Waals surface area contributed by atoms with E-state index in [9.17, 15) is 9.59 Å². The number of benzene rings is 1. The number of hydrogen-bond acceptors (Lipinski definition) is 4. The van der Waals surface area contributed by atoms with Crippen LogP contribution in [0.3, 0.4) is 0 Å². The van der Waals surface area contributed by atoms with Crippen LogP contribution in [-0.2, 0) is 0 Å². The molecule has 1 aromatic carbocycles. The van der Waals surface area contributed by atoms with Crippen LogP contribution < -0.4 is 10.9 Å². The van der Waals surface area contributed by atoms with Crippen molar-refractivity contribution >= 4 is 16.9 Å². The minimum absolute atomic E-state index is 0.145. The summed E-state index contributed by atoms with van der Waals surface area (Å²) in [7, 11) is 0. The Balaban J connectivity index is 1.50. The third kappa shape index (κ3) is 2.84. The van der Waals surface area contributed by atoms with Crippen molar-refractivity contribution in [2.75, 3.05) is 19.6 Å². The van der Waals surface area contributed by atoms with E-state index >= 15 is 0 Å². The zero-order chi connectivity index (χ0) is 16.5. The van der Waals surface area contributed by atoms with Gasteiger partial charge in [-0.1, -0.05) is 18.2 Å². The highest BCUT2D eigenvalue weighted by molar-refractivity contribution is 5.96. The number of likely N-dealkylation sites (tertiary alicyclic amines) is 1. The molecule has 2 aliphatic heterocycles. The van der Waals surface area contributed by atoms with E-state index in [1.165, 1.54) is 12.8 Å². The number of amides is 1. The van der Waals surface area contributed by atoms with Crippen molar-refractivity contribution in [1.82, 2.24) is 10.2 Å². The molecule has 2 aliphatic rings. The van der Waals surface area contributed by atoms with E-state index in [0.717, 1.165) is 24.8 Å². The van der Waals surface area contributed by atoms with Crippen LogP contribution in [0.2, 0.25) is 0 Å². The minimum Gasteiger partial charge on any atom is -0.422 e. The number of fused-ring (bicyclic) bond motifs is 1. The number of nitrogens with zero attached hydrogens (tertiary/aromatic N) is 1. The summed E-state index contributed by atoms with van der Waals surface area (Å²) in [6.07, 6.45) is 4.50. The highest BCUT2D eigenvalue weighted by Crippen LogP contribution is 2.26. The number of para-hydroxylation sites is 1. The first-order chi connectivity index (χ1) is 11.7. The fourth-order valence-electron chi connectivity index (χ4n) is 4.00. The lowest BCUT2D eigenvalue weighted by atomic mass is 9.88. The van der Waals surface area contributed by atoms with Gasteiger partial charge >= 0.3 is 5.63 Å². The van der Waals surface area contributed by atoms with E-state index in [4.69, 9.17) is 4.42 Å². The zero-order valence-corrected chi connectivity index (χ0v) is 13.7. The van der Waals surface area contributed by atoms with Crippen molar-refractivity contribution in [3.63, 3.8) is 0 Å². The molecule has 0 bridgehead atoms. The summed E-state index contributed by atoms with van der Waals surface area (Å²) in [6.45, 7) is 2.55. The summed E-state index contributed by atoms with van der Waals surface area (Å²) in [5.41, 5.74) is 0.120. The summed E-state index contributed by atoms with van der Waals surface area (Å²) in [5.74, 6) is 0.442. The van der Waals surface area contributed by atoms with E-state index in [1.54, 1.807) is 17.0 Å². The van der Waals surface area contributed by atoms with Crippen LogP contribution >= 0.6 is 0 Å². The Bertz CT molecular complexity index is 800. The molecule has 2 saturated heterocycles. The number of nitrogens with one attached hydrogen (secondary N) is 1. The summed E-state index contributed by atoms with van der Waals surface area (Å²) in [4.78, 5) is 26.7. The molecule has 24 heavy (non-hydrogen) atoms. The molecule has 0 saturated carbocycles. The van der Waals surface area contributed by atoms with Gasteiger partial charge in [-0.25, -0.2) is 4.79 Å². The quantitative estimate of drug-likeness (QED) is 0.861. The van der Waals surface area contributed by atoms with Crippen molar-refractivity contribution in [2.24, 2.45) is 5.92 Å². The standard InChI is InChI=1S/C19H22N2O3/c22-18(15-12-14-4-1-2-6-17(14)24-19(15)23)21-10-7-13(8-11-21)16-5-3-9-20-16/h1-2,4,6,12-13,16,20H,3,5,7-11H2. The van der Waals surface area contributed by atoms with Gasteiger partial charge in [0, 0.05) is 24.5 Å². The van der Waals surface area contributed by atoms with Crippen LogP contribution in [0.5, 0.6) is 0 Å². The monoisotopic (exact) mass is 326 g/mol. The largest absolute Gasteiger partial charge is 0.422 e. The van der Waals surface area contributed by atoms with Gasteiger partial charge in [0.05, 0.1) is 0 Å². The molecule has 0 aliphatic carbocycles. The highest BCUT2D eigenvalue weighted by atomic mass is 16.4. The van der Waals surface area contributed by atoms with Gasteiger partial charge in [-0.3, -0.25) is 4.79 Å². The van der Waals surface area contributed by atoms with Gasteiger partial charge in [0.1, 0.15) is 11.1 Å². The Hall–Kier alpha value is -2.14. The fourth-order valence-corrected chi connectivity index (χ4v) is 4.00. The second kappa shape index (κ2) is 6.40. The number of carbonyl (C=O) groups is 1. The molecule has 1 amide bonds. The summed E-state index contributed by atoms with van der Waals surface area (Å²) < 4.78 is 5.29. The van der Waals surface area contributed by atoms with E-state index in [0.29, 0.717) is 30.6 Å². The maximum absolute atomic E-state index is 12.7. The van der Waals surface area contributed by atoms with Gasteiger partial charge in [0.2, 0.25) is 0 Å². The number of hydrogen-bond donors (Lipinski definition) is 1. The summed E-state index contributed by atoms with van der Waals surface area (Å²) in [5, 5.41) is 4.35. The molecule has 0 radical (unpaired) electrons. The topological polar surface area (TPSA) is 62.6 Å². The molecular weight excluding hydrogens is 304 g/mol. The van der Waals surface area contributed by atoms with Gasteiger partial charge in [-0.15, -0.1) is 0 Å². The molecule has 126 valence electrons. The maximum Gasteiger partial charge on any atom is 0.349 e. The number of piperidine rings is 1. The Morgan fingerprint density at radius 2 is 1.96 bits per heavy atom. The van der Waals surface area contributed by atoms with Crippen LogP contribution in [-0.4, -0.2) is 36.5 Å². The van der Waals surface area contributed by atoms with E-state index in [1.807, 2.05) is 18.2 Å². The van der Waals surface area contributed by atoms with Crippen LogP contribution in [0, 0.1) is 5.92 Å². The Morgan fingerprint density at radius 1 is 1.17 bits per heavy atom. The molecule has 0 spiro atoms. The molecular formula is C19H22N2O3. The molecule has 1 N–H and O–H groups in total. The lowest BCUT2D eigenvalue weighted by molar-refractivity contribution is 0.0670. The molecule has 1 aromatic heterocycles. The van der Waals surface area contributed by atoms with Crippen LogP contribution in [0.4, 0.5) is 0 Å². The van der Waals surface area contributed by atoms with Crippen molar-refractivity contribution in [1.29, 1.82) is 0 Å². The molecule has 2 fully saturated rings. The number of carbonyl (C=O) groups excluding carboxylic acids is 1.